The van der Waals surface area contributed by atoms with Crippen LogP contribution in [0.3, 0.4) is 0 Å². The van der Waals surface area contributed by atoms with Crippen LogP contribution in [0.25, 0.3) is 0 Å². The predicted molar refractivity (Wildman–Crippen MR) is 127 cm³/mol. The highest BCUT2D eigenvalue weighted by molar-refractivity contribution is 6.08. The van der Waals surface area contributed by atoms with Gasteiger partial charge >= 0.3 is 0 Å². The number of anilines is 1. The smallest absolute Gasteiger partial charge is 0.251 e. The number of fused-ring (bicyclic) bond motifs is 2. The molecule has 2 amide bonds. The van der Waals surface area contributed by atoms with Gasteiger partial charge in [-0.3, -0.25) is 14.9 Å². The van der Waals surface area contributed by atoms with Crippen LogP contribution >= 0.6 is 0 Å². The van der Waals surface area contributed by atoms with Crippen molar-refractivity contribution in [2.45, 2.75) is 45.2 Å². The van der Waals surface area contributed by atoms with Gasteiger partial charge in [-0.25, -0.2) is 4.99 Å². The Labute approximate surface area is 193 Å². The lowest BCUT2D eigenvalue weighted by Crippen LogP contribution is -2.39. The van der Waals surface area contributed by atoms with E-state index in [0.717, 1.165) is 41.8 Å². The number of carbonyl (C=O) groups excluding carboxylic acids is 2. The van der Waals surface area contributed by atoms with Crippen LogP contribution in [0.1, 0.15) is 36.8 Å². The number of amides is 2. The van der Waals surface area contributed by atoms with Gasteiger partial charge in [-0.15, -0.1) is 0 Å². The lowest BCUT2D eigenvalue weighted by Gasteiger charge is -2.28. The van der Waals surface area contributed by atoms with E-state index in [1.807, 2.05) is 49.4 Å². The van der Waals surface area contributed by atoms with Crippen molar-refractivity contribution < 1.29 is 19.4 Å². The first-order valence-corrected chi connectivity index (χ1v) is 11.3. The minimum atomic E-state index is -0.606. The Morgan fingerprint density at radius 2 is 2.03 bits per heavy atom. The Hall–Kier alpha value is -3.39. The highest BCUT2D eigenvalue weighted by Crippen LogP contribution is 2.38. The van der Waals surface area contributed by atoms with Gasteiger partial charge < -0.3 is 19.6 Å². The first-order chi connectivity index (χ1) is 16.0. The molecule has 2 aliphatic rings. The molecule has 0 aliphatic carbocycles. The molecule has 0 bridgehead atoms. The van der Waals surface area contributed by atoms with E-state index in [9.17, 15) is 14.7 Å². The molecule has 0 aromatic heterocycles. The Morgan fingerprint density at radius 3 is 2.79 bits per heavy atom. The van der Waals surface area contributed by atoms with Gasteiger partial charge in [-0.05, 0) is 49.9 Å². The average Bonchev–Trinajstić information content (AvgIpc) is 3.13. The van der Waals surface area contributed by atoms with Gasteiger partial charge in [-0.1, -0.05) is 24.3 Å². The van der Waals surface area contributed by atoms with Gasteiger partial charge in [0, 0.05) is 31.3 Å². The molecule has 1 fully saturated rings. The summed E-state index contributed by atoms with van der Waals surface area (Å²) in [6, 6.07) is 13.0. The number of rotatable bonds is 9. The minimum absolute atomic E-state index is 0.107. The molecule has 1 atom stereocenters. The Bertz CT molecular complexity index is 1050. The summed E-state index contributed by atoms with van der Waals surface area (Å²) in [5.41, 5.74) is 3.65. The molecule has 0 radical (unpaired) electrons. The van der Waals surface area contributed by atoms with Crippen LogP contribution in [0, 0.1) is 6.92 Å². The predicted octanol–water partition coefficient (Wildman–Crippen LogP) is 2.89. The van der Waals surface area contributed by atoms with Crippen molar-refractivity contribution in [2.75, 3.05) is 25.2 Å². The molecule has 8 nitrogen and oxygen atoms in total. The van der Waals surface area contributed by atoms with E-state index in [2.05, 4.69) is 10.3 Å². The number of aryl methyl sites for hydroxylation is 1. The van der Waals surface area contributed by atoms with Gasteiger partial charge in [0.2, 0.25) is 11.9 Å². The molecule has 174 valence electrons. The molecule has 0 spiro atoms. The summed E-state index contributed by atoms with van der Waals surface area (Å²) < 4.78 is 6.05. The number of guanidine groups is 1. The van der Waals surface area contributed by atoms with E-state index in [-0.39, 0.29) is 18.4 Å². The highest BCUT2D eigenvalue weighted by Gasteiger charge is 2.39. The summed E-state index contributed by atoms with van der Waals surface area (Å²) in [6.07, 6.45) is 3.02. The van der Waals surface area contributed by atoms with Crippen LogP contribution < -0.4 is 15.0 Å². The summed E-state index contributed by atoms with van der Waals surface area (Å²) in [4.78, 5) is 32.5. The van der Waals surface area contributed by atoms with Crippen molar-refractivity contribution in [1.29, 1.82) is 0 Å². The number of aliphatic imine (C=N–C) groups is 1. The van der Waals surface area contributed by atoms with E-state index in [4.69, 9.17) is 4.74 Å². The van der Waals surface area contributed by atoms with Crippen molar-refractivity contribution in [2.24, 2.45) is 4.99 Å². The molecular formula is C25H30N4O4. The SMILES string of the molecule is Cc1cc2c(c(OCCCCCC(=O)N(C)c3ccccc3)c1)N=C1NC(=O)C(CO)N1C2. The zero-order valence-corrected chi connectivity index (χ0v) is 19.1. The molecule has 0 saturated carbocycles. The Kier molecular flexibility index (Phi) is 6.93. The van der Waals surface area contributed by atoms with E-state index in [0.29, 0.717) is 31.3 Å². The maximum atomic E-state index is 12.4. The van der Waals surface area contributed by atoms with Crippen LogP contribution in [0.4, 0.5) is 11.4 Å². The number of para-hydroxylation sites is 1. The van der Waals surface area contributed by atoms with Crippen molar-refractivity contribution in [3.05, 3.63) is 53.6 Å². The van der Waals surface area contributed by atoms with Gasteiger partial charge in [0.05, 0.1) is 13.2 Å². The number of nitrogens with zero attached hydrogens (tertiary/aromatic N) is 3. The van der Waals surface area contributed by atoms with Crippen LogP contribution in [-0.2, 0) is 16.1 Å². The van der Waals surface area contributed by atoms with Crippen molar-refractivity contribution in [3.63, 3.8) is 0 Å². The fraction of sp³-hybridized carbons (Fsp3) is 0.400. The van der Waals surface area contributed by atoms with Crippen LogP contribution in [0.5, 0.6) is 5.75 Å². The number of nitrogens with one attached hydrogen (secondary N) is 1. The lowest BCUT2D eigenvalue weighted by atomic mass is 10.1. The topological polar surface area (TPSA) is 94.5 Å². The second-order valence-corrected chi connectivity index (χ2v) is 8.47. The second kappa shape index (κ2) is 10.0. The number of carbonyl (C=O) groups is 2. The van der Waals surface area contributed by atoms with Gasteiger partial charge in [0.15, 0.2) is 0 Å². The maximum Gasteiger partial charge on any atom is 0.251 e. The number of hydrogen-bond acceptors (Lipinski definition) is 6. The summed E-state index contributed by atoms with van der Waals surface area (Å²) in [7, 11) is 1.81. The number of aliphatic hydroxyl groups excluding tert-OH is 1. The molecule has 2 aliphatic heterocycles. The van der Waals surface area contributed by atoms with Crippen molar-refractivity contribution in [3.8, 4) is 5.75 Å². The fourth-order valence-electron chi connectivity index (χ4n) is 4.18. The number of aliphatic hydroxyl groups is 1. The standard InChI is InChI=1S/C25H30N4O4/c1-17-13-18-15-29-20(16-30)24(32)27-25(29)26-23(18)21(14-17)33-12-8-4-7-11-22(31)28(2)19-9-5-3-6-10-19/h3,5-6,9-10,13-14,20,30H,4,7-8,11-12,15-16H2,1-2H3,(H,26,27,32). The second-order valence-electron chi connectivity index (χ2n) is 8.47. The normalized spacial score (nSPS) is 16.6. The third-order valence-corrected chi connectivity index (χ3v) is 6.03. The Morgan fingerprint density at radius 1 is 1.24 bits per heavy atom. The third-order valence-electron chi connectivity index (χ3n) is 6.03. The van der Waals surface area contributed by atoms with E-state index in [1.54, 1.807) is 16.8 Å². The molecule has 1 unspecified atom stereocenters. The molecule has 1 saturated heterocycles. The first kappa shape index (κ1) is 22.8. The zero-order chi connectivity index (χ0) is 23.4. The Balaban J connectivity index is 1.28. The van der Waals surface area contributed by atoms with Crippen LogP contribution in [0.15, 0.2) is 47.5 Å². The quantitative estimate of drug-likeness (QED) is 0.573. The van der Waals surface area contributed by atoms with Crippen LogP contribution in [-0.4, -0.2) is 54.1 Å². The monoisotopic (exact) mass is 450 g/mol. The van der Waals surface area contributed by atoms with E-state index < -0.39 is 6.04 Å². The fourth-order valence-corrected chi connectivity index (χ4v) is 4.18. The molecular weight excluding hydrogens is 420 g/mol. The molecule has 2 aromatic rings. The van der Waals surface area contributed by atoms with E-state index in [1.165, 1.54) is 0 Å². The molecule has 2 aromatic carbocycles. The number of ether oxygens (including phenoxy) is 1. The summed E-state index contributed by atoms with van der Waals surface area (Å²) >= 11 is 0. The minimum Gasteiger partial charge on any atom is -0.491 e. The van der Waals surface area contributed by atoms with Gasteiger partial charge in [0.25, 0.3) is 5.91 Å². The molecule has 8 heteroatoms. The highest BCUT2D eigenvalue weighted by atomic mass is 16.5. The maximum absolute atomic E-state index is 12.4. The number of unbranched alkanes of at least 4 members (excludes halogenated alkanes) is 2. The van der Waals surface area contributed by atoms with Gasteiger partial charge in [-0.2, -0.15) is 0 Å². The van der Waals surface area contributed by atoms with Gasteiger partial charge in [0.1, 0.15) is 17.5 Å². The molecule has 2 heterocycles. The third kappa shape index (κ3) is 5.01. The summed E-state index contributed by atoms with van der Waals surface area (Å²) in [5, 5.41) is 12.3. The summed E-state index contributed by atoms with van der Waals surface area (Å²) in [6.45, 7) is 2.77. The zero-order valence-electron chi connectivity index (χ0n) is 19.1. The molecule has 33 heavy (non-hydrogen) atoms. The molecule has 2 N–H and O–H groups in total. The molecule has 4 rings (SSSR count). The van der Waals surface area contributed by atoms with Crippen LogP contribution in [0.2, 0.25) is 0 Å². The lowest BCUT2D eigenvalue weighted by molar-refractivity contribution is -0.122. The van der Waals surface area contributed by atoms with Crippen molar-refractivity contribution >= 4 is 29.1 Å². The summed E-state index contributed by atoms with van der Waals surface area (Å²) in [5.74, 6) is 1.02. The van der Waals surface area contributed by atoms with E-state index >= 15 is 0 Å². The number of hydrogen-bond donors (Lipinski definition) is 2. The van der Waals surface area contributed by atoms with Crippen molar-refractivity contribution in [1.82, 2.24) is 10.2 Å². The largest absolute Gasteiger partial charge is 0.491 e. The number of benzene rings is 2. The first-order valence-electron chi connectivity index (χ1n) is 11.3. The average molecular weight is 451 g/mol.